The number of hydrogen-bond donors (Lipinski definition) is 2. The number of nitrogens with zero attached hydrogens (tertiary/aromatic N) is 2. The molecule has 28 heavy (non-hydrogen) atoms. The minimum atomic E-state index is -1.26. The molecule has 3 heterocycles. The lowest BCUT2D eigenvalue weighted by atomic mass is 10.2. The second kappa shape index (κ2) is 8.79. The van der Waals surface area contributed by atoms with Gasteiger partial charge in [-0.25, -0.2) is 9.59 Å². The molecule has 0 amide bonds. The van der Waals surface area contributed by atoms with Crippen LogP contribution < -0.4 is 9.47 Å². The Morgan fingerprint density at radius 3 is 2.32 bits per heavy atom. The summed E-state index contributed by atoms with van der Waals surface area (Å²) in [5.74, 6) is -0.783. The van der Waals surface area contributed by atoms with E-state index in [1.807, 2.05) is 0 Å². The van der Waals surface area contributed by atoms with Crippen LogP contribution in [-0.4, -0.2) is 57.5 Å². The quantitative estimate of drug-likeness (QED) is 0.759. The predicted molar refractivity (Wildman–Crippen MR) is 103 cm³/mol. The van der Waals surface area contributed by atoms with Crippen molar-refractivity contribution >= 4 is 22.8 Å². The van der Waals surface area contributed by atoms with E-state index in [-0.39, 0.29) is 0 Å². The van der Waals surface area contributed by atoms with Crippen LogP contribution in [0.1, 0.15) is 19.8 Å². The Kier molecular flexibility index (Phi) is 6.20. The second-order valence-corrected chi connectivity index (χ2v) is 6.83. The number of aliphatic carboxylic acids is 2. The van der Waals surface area contributed by atoms with Crippen molar-refractivity contribution in [3.05, 3.63) is 36.5 Å². The molecule has 8 nitrogen and oxygen atoms in total. The average Bonchev–Trinajstić information content (AvgIpc) is 3.40. The van der Waals surface area contributed by atoms with Gasteiger partial charge in [-0.2, -0.15) is 0 Å². The Labute approximate surface area is 162 Å². The fourth-order valence-corrected chi connectivity index (χ4v) is 3.46. The number of carboxylic acid groups (broad SMARTS) is 2. The van der Waals surface area contributed by atoms with Crippen LogP contribution >= 0.6 is 0 Å². The van der Waals surface area contributed by atoms with Gasteiger partial charge in [0.15, 0.2) is 11.5 Å². The molecule has 0 radical (unpaired) electrons. The van der Waals surface area contributed by atoms with Crippen LogP contribution in [0.5, 0.6) is 11.5 Å². The van der Waals surface area contributed by atoms with Crippen molar-refractivity contribution in [3.8, 4) is 11.5 Å². The highest BCUT2D eigenvalue weighted by molar-refractivity contribution is 5.89. The summed E-state index contributed by atoms with van der Waals surface area (Å²) in [4.78, 5) is 21.7. The molecule has 4 rings (SSSR count). The standard InChI is InChI=1S/C16H20N2O2.C4H4O4/c1-12(17-5-2-3-6-17)10-18-7-4-13-8-15-16(9-14(13)18)20-11-19-15;5-3(6)1-2-4(7)8/h4,7-9,12H,2-3,5-6,10-11H2,1H3;1-2H,(H,5,6)(H,7,8)/b;2-1+. The van der Waals surface area contributed by atoms with E-state index in [0.29, 0.717) is 25.0 Å². The van der Waals surface area contributed by atoms with E-state index in [0.717, 1.165) is 18.0 Å². The highest BCUT2D eigenvalue weighted by Crippen LogP contribution is 2.36. The maximum Gasteiger partial charge on any atom is 0.328 e. The van der Waals surface area contributed by atoms with Crippen LogP contribution in [0, 0.1) is 0 Å². The molecule has 1 aromatic carbocycles. The van der Waals surface area contributed by atoms with Crippen molar-refractivity contribution in [2.24, 2.45) is 0 Å². The first-order valence-electron chi connectivity index (χ1n) is 9.20. The van der Waals surface area contributed by atoms with Crippen molar-refractivity contribution in [2.75, 3.05) is 19.9 Å². The van der Waals surface area contributed by atoms with Crippen LogP contribution in [0.25, 0.3) is 10.9 Å². The maximum absolute atomic E-state index is 9.55. The molecule has 1 fully saturated rings. The number of carbonyl (C=O) groups is 2. The molecule has 0 bridgehead atoms. The van der Waals surface area contributed by atoms with Crippen LogP contribution in [-0.2, 0) is 16.1 Å². The number of rotatable bonds is 5. The molecule has 1 aromatic heterocycles. The van der Waals surface area contributed by atoms with Gasteiger partial charge >= 0.3 is 11.9 Å². The number of aromatic nitrogens is 1. The van der Waals surface area contributed by atoms with E-state index >= 15 is 0 Å². The zero-order valence-corrected chi connectivity index (χ0v) is 15.7. The Morgan fingerprint density at radius 1 is 1.11 bits per heavy atom. The molecule has 1 atom stereocenters. The Hall–Kier alpha value is -3.00. The van der Waals surface area contributed by atoms with E-state index in [2.05, 4.69) is 40.8 Å². The lowest BCUT2D eigenvalue weighted by Crippen LogP contribution is -2.33. The molecule has 150 valence electrons. The third-order valence-corrected chi connectivity index (χ3v) is 4.86. The predicted octanol–water partition coefficient (Wildman–Crippen LogP) is 2.57. The number of carboxylic acids is 2. The first-order chi connectivity index (χ1) is 13.4. The van der Waals surface area contributed by atoms with E-state index < -0.39 is 11.9 Å². The van der Waals surface area contributed by atoms with E-state index in [9.17, 15) is 9.59 Å². The van der Waals surface area contributed by atoms with Gasteiger partial charge in [0.25, 0.3) is 0 Å². The Bertz CT molecular complexity index is 866. The zero-order chi connectivity index (χ0) is 20.1. The first-order valence-corrected chi connectivity index (χ1v) is 9.20. The first kappa shape index (κ1) is 19.8. The molecule has 2 aliphatic rings. The molecular formula is C20H24N2O6. The molecule has 0 saturated carbocycles. The highest BCUT2D eigenvalue weighted by atomic mass is 16.7. The molecule has 8 heteroatoms. The van der Waals surface area contributed by atoms with E-state index in [1.54, 1.807) is 0 Å². The lowest BCUT2D eigenvalue weighted by molar-refractivity contribution is -0.134. The summed E-state index contributed by atoms with van der Waals surface area (Å²) in [5, 5.41) is 16.8. The SMILES string of the molecule is CC(Cn1ccc2cc3c(cc21)OCO3)N1CCCC1.O=C(O)/C=C/C(=O)O. The fraction of sp³-hybridized carbons (Fsp3) is 0.400. The van der Waals surface area contributed by atoms with Crippen molar-refractivity contribution in [2.45, 2.75) is 32.4 Å². The number of benzene rings is 1. The van der Waals surface area contributed by atoms with Gasteiger partial charge in [0.05, 0.1) is 5.52 Å². The lowest BCUT2D eigenvalue weighted by Gasteiger charge is -2.24. The van der Waals surface area contributed by atoms with Crippen molar-refractivity contribution < 1.29 is 29.3 Å². The van der Waals surface area contributed by atoms with E-state index in [4.69, 9.17) is 19.7 Å². The molecule has 0 aliphatic carbocycles. The smallest absolute Gasteiger partial charge is 0.328 e. The van der Waals surface area contributed by atoms with Gasteiger partial charge < -0.3 is 24.3 Å². The maximum atomic E-state index is 9.55. The highest BCUT2D eigenvalue weighted by Gasteiger charge is 2.20. The van der Waals surface area contributed by atoms with Crippen molar-refractivity contribution in [1.82, 2.24) is 9.47 Å². The van der Waals surface area contributed by atoms with Gasteiger partial charge in [-0.3, -0.25) is 4.90 Å². The van der Waals surface area contributed by atoms with Crippen molar-refractivity contribution in [3.63, 3.8) is 0 Å². The number of hydrogen-bond acceptors (Lipinski definition) is 5. The van der Waals surface area contributed by atoms with Gasteiger partial charge in [0.1, 0.15) is 0 Å². The molecule has 1 saturated heterocycles. The number of ether oxygens (including phenoxy) is 2. The molecule has 2 aromatic rings. The fourth-order valence-electron chi connectivity index (χ4n) is 3.46. The molecule has 2 N–H and O–H groups in total. The van der Waals surface area contributed by atoms with Gasteiger partial charge in [0.2, 0.25) is 6.79 Å². The molecular weight excluding hydrogens is 364 g/mol. The molecule has 1 unspecified atom stereocenters. The topological polar surface area (TPSA) is 101 Å². The average molecular weight is 388 g/mol. The Morgan fingerprint density at radius 2 is 1.71 bits per heavy atom. The Balaban J connectivity index is 0.000000242. The summed E-state index contributed by atoms with van der Waals surface area (Å²) >= 11 is 0. The number of fused-ring (bicyclic) bond motifs is 2. The van der Waals surface area contributed by atoms with Crippen LogP contribution in [0.15, 0.2) is 36.5 Å². The summed E-state index contributed by atoms with van der Waals surface area (Å²) in [5.41, 5.74) is 1.24. The monoisotopic (exact) mass is 388 g/mol. The molecule has 2 aliphatic heterocycles. The summed E-state index contributed by atoms with van der Waals surface area (Å²) in [7, 11) is 0. The summed E-state index contributed by atoms with van der Waals surface area (Å²) < 4.78 is 13.3. The van der Waals surface area contributed by atoms with Crippen LogP contribution in [0.2, 0.25) is 0 Å². The van der Waals surface area contributed by atoms with Crippen LogP contribution in [0.4, 0.5) is 0 Å². The third-order valence-electron chi connectivity index (χ3n) is 4.86. The third kappa shape index (κ3) is 4.83. The van der Waals surface area contributed by atoms with Gasteiger partial charge in [-0.1, -0.05) is 0 Å². The zero-order valence-electron chi connectivity index (χ0n) is 15.7. The van der Waals surface area contributed by atoms with Gasteiger partial charge in [-0.15, -0.1) is 0 Å². The summed E-state index contributed by atoms with van der Waals surface area (Å²) in [6.07, 6.45) is 5.97. The van der Waals surface area contributed by atoms with Crippen LogP contribution in [0.3, 0.4) is 0 Å². The minimum Gasteiger partial charge on any atom is -0.478 e. The normalized spacial score (nSPS) is 16.9. The number of likely N-dealkylation sites (tertiary alicyclic amines) is 1. The largest absolute Gasteiger partial charge is 0.478 e. The van der Waals surface area contributed by atoms with E-state index in [1.165, 1.54) is 36.8 Å². The van der Waals surface area contributed by atoms with Gasteiger partial charge in [-0.05, 0) is 45.0 Å². The summed E-state index contributed by atoms with van der Waals surface area (Å²) in [6, 6.07) is 6.93. The minimum absolute atomic E-state index is 0.339. The second-order valence-electron chi connectivity index (χ2n) is 6.83. The molecule has 0 spiro atoms. The van der Waals surface area contributed by atoms with Gasteiger partial charge in [0, 0.05) is 42.4 Å². The summed E-state index contributed by atoms with van der Waals surface area (Å²) in [6.45, 7) is 6.18. The van der Waals surface area contributed by atoms with Crippen molar-refractivity contribution in [1.29, 1.82) is 0 Å².